The molecule has 0 aromatic carbocycles. The molecule has 5 heteroatoms. The maximum Gasteiger partial charge on any atom is 0.410 e. The lowest BCUT2D eigenvalue weighted by molar-refractivity contribution is 0.0131. The molecule has 1 rings (SSSR count). The predicted octanol–water partition coefficient (Wildman–Crippen LogP) is 2.70. The number of nitrogens with one attached hydrogen (secondary N) is 1. The highest BCUT2D eigenvalue weighted by Gasteiger charge is 2.30. The van der Waals surface area contributed by atoms with Crippen LogP contribution in [0.2, 0.25) is 0 Å². The first kappa shape index (κ1) is 15.8. The molecule has 1 atom stereocenters. The second-order valence-electron chi connectivity index (χ2n) is 6.17. The summed E-state index contributed by atoms with van der Waals surface area (Å²) in [4.78, 5) is 15.8. The Morgan fingerprint density at radius 1 is 1.37 bits per heavy atom. The minimum atomic E-state index is -0.452. The first-order valence-electron chi connectivity index (χ1n) is 7.06. The molecule has 110 valence electrons. The molecule has 1 aliphatic rings. The molecule has 1 aliphatic heterocycles. The van der Waals surface area contributed by atoms with Crippen LogP contribution in [0, 0.1) is 5.41 Å². The molecule has 1 N–H and O–H groups in total. The first-order chi connectivity index (χ1) is 8.74. The largest absolute Gasteiger partial charge is 0.444 e. The van der Waals surface area contributed by atoms with Gasteiger partial charge >= 0.3 is 6.09 Å². The van der Waals surface area contributed by atoms with Crippen LogP contribution in [0.25, 0.3) is 0 Å². The number of carbonyl (C=O) groups is 1. The van der Waals surface area contributed by atoms with E-state index in [9.17, 15) is 4.79 Å². The molecule has 0 unspecified atom stereocenters. The third-order valence-electron chi connectivity index (χ3n) is 3.11. The molecule has 1 heterocycles. The summed E-state index contributed by atoms with van der Waals surface area (Å²) in [6.45, 7) is 11.7. The van der Waals surface area contributed by atoms with Gasteiger partial charge in [-0.1, -0.05) is 6.92 Å². The van der Waals surface area contributed by atoms with Gasteiger partial charge in [-0.3, -0.25) is 5.41 Å². The molecule has 1 amide bonds. The lowest BCUT2D eigenvalue weighted by Gasteiger charge is -2.41. The molecule has 0 spiro atoms. The molecule has 0 bridgehead atoms. The van der Waals surface area contributed by atoms with Crippen LogP contribution in [0.4, 0.5) is 4.79 Å². The fourth-order valence-corrected chi connectivity index (χ4v) is 2.23. The topological polar surface area (TPSA) is 56.6 Å². The number of ether oxygens (including phenoxy) is 1. The van der Waals surface area contributed by atoms with Gasteiger partial charge in [0.2, 0.25) is 0 Å². The van der Waals surface area contributed by atoms with Gasteiger partial charge in [-0.2, -0.15) is 0 Å². The lowest BCUT2D eigenvalue weighted by Crippen LogP contribution is -2.55. The molecule has 0 aromatic rings. The van der Waals surface area contributed by atoms with Gasteiger partial charge in [0.25, 0.3) is 0 Å². The van der Waals surface area contributed by atoms with Crippen molar-refractivity contribution in [1.29, 1.82) is 5.41 Å². The van der Waals surface area contributed by atoms with Gasteiger partial charge in [0, 0.05) is 32.1 Å². The van der Waals surface area contributed by atoms with Crippen LogP contribution >= 0.6 is 0 Å². The van der Waals surface area contributed by atoms with Crippen molar-refractivity contribution in [2.45, 2.75) is 59.1 Å². The van der Waals surface area contributed by atoms with E-state index in [4.69, 9.17) is 10.1 Å². The van der Waals surface area contributed by atoms with Crippen molar-refractivity contribution in [3.63, 3.8) is 0 Å². The van der Waals surface area contributed by atoms with Crippen LogP contribution in [-0.2, 0) is 4.74 Å². The van der Waals surface area contributed by atoms with Crippen molar-refractivity contribution in [2.75, 3.05) is 19.6 Å². The molecule has 0 radical (unpaired) electrons. The van der Waals surface area contributed by atoms with E-state index in [0.717, 1.165) is 19.4 Å². The van der Waals surface area contributed by atoms with E-state index >= 15 is 0 Å². The zero-order valence-electron chi connectivity index (χ0n) is 12.8. The Morgan fingerprint density at radius 2 is 2.00 bits per heavy atom. The van der Waals surface area contributed by atoms with Crippen LogP contribution in [0.15, 0.2) is 0 Å². The summed E-state index contributed by atoms with van der Waals surface area (Å²) in [5.74, 6) is 0.679. The highest BCUT2D eigenvalue weighted by molar-refractivity contribution is 5.79. The Bertz CT molecular complexity index is 336. The van der Waals surface area contributed by atoms with E-state index in [-0.39, 0.29) is 12.1 Å². The molecule has 1 saturated heterocycles. The quantitative estimate of drug-likeness (QED) is 0.619. The van der Waals surface area contributed by atoms with Gasteiger partial charge in [-0.15, -0.1) is 0 Å². The van der Waals surface area contributed by atoms with Gasteiger partial charge in [0.15, 0.2) is 0 Å². The second kappa shape index (κ2) is 6.26. The lowest BCUT2D eigenvalue weighted by atomic mass is 10.1. The van der Waals surface area contributed by atoms with Gasteiger partial charge in [-0.25, -0.2) is 4.79 Å². The van der Waals surface area contributed by atoms with Gasteiger partial charge in [-0.05, 0) is 34.1 Å². The molecule has 19 heavy (non-hydrogen) atoms. The van der Waals surface area contributed by atoms with Crippen molar-refractivity contribution in [1.82, 2.24) is 9.80 Å². The number of nitrogens with zero attached hydrogens (tertiary/aromatic N) is 2. The van der Waals surface area contributed by atoms with Crippen molar-refractivity contribution in [2.24, 2.45) is 0 Å². The number of hydrogen-bond acceptors (Lipinski definition) is 3. The Balaban J connectivity index is 2.54. The van der Waals surface area contributed by atoms with Crippen molar-refractivity contribution in [3.8, 4) is 0 Å². The average molecular weight is 269 g/mol. The summed E-state index contributed by atoms with van der Waals surface area (Å²) in [6.07, 6.45) is 1.54. The molecular weight excluding hydrogens is 242 g/mol. The summed E-state index contributed by atoms with van der Waals surface area (Å²) < 4.78 is 5.38. The number of rotatable bonds is 2. The predicted molar refractivity (Wildman–Crippen MR) is 76.6 cm³/mol. The minimum absolute atomic E-state index is 0.181. The van der Waals surface area contributed by atoms with E-state index in [0.29, 0.717) is 18.9 Å². The fourth-order valence-electron chi connectivity index (χ4n) is 2.23. The highest BCUT2D eigenvalue weighted by atomic mass is 16.6. The van der Waals surface area contributed by atoms with E-state index < -0.39 is 5.60 Å². The summed E-state index contributed by atoms with van der Waals surface area (Å²) in [7, 11) is 0. The summed E-state index contributed by atoms with van der Waals surface area (Å²) >= 11 is 0. The second-order valence-corrected chi connectivity index (χ2v) is 6.17. The maximum atomic E-state index is 12.0. The molecule has 0 aromatic heterocycles. The fraction of sp³-hybridized carbons (Fsp3) is 0.857. The summed E-state index contributed by atoms with van der Waals surface area (Å²) in [5.41, 5.74) is -0.452. The standard InChI is InChI=1S/C14H27N3O2/c1-6-7-12(15)17-9-8-16(10-11(17)2)13(18)19-14(3,4)5/h11,15H,6-10H2,1-5H3/t11-/m0/s1. The van der Waals surface area contributed by atoms with E-state index in [1.54, 1.807) is 4.90 Å². The molecule has 1 fully saturated rings. The van der Waals surface area contributed by atoms with Gasteiger partial charge in [0.1, 0.15) is 5.60 Å². The molecular formula is C14H27N3O2. The number of hydrogen-bond donors (Lipinski definition) is 1. The van der Waals surface area contributed by atoms with Crippen molar-refractivity contribution < 1.29 is 9.53 Å². The van der Waals surface area contributed by atoms with Crippen LogP contribution in [-0.4, -0.2) is 53.0 Å². The van der Waals surface area contributed by atoms with Crippen LogP contribution in [0.1, 0.15) is 47.5 Å². The Hall–Kier alpha value is -1.26. The molecule has 5 nitrogen and oxygen atoms in total. The van der Waals surface area contributed by atoms with Crippen LogP contribution in [0.5, 0.6) is 0 Å². The highest BCUT2D eigenvalue weighted by Crippen LogP contribution is 2.15. The Kier molecular flexibility index (Phi) is 5.20. The van der Waals surface area contributed by atoms with E-state index in [2.05, 4.69) is 18.7 Å². The Labute approximate surface area is 116 Å². The normalized spacial score (nSPS) is 20.4. The monoisotopic (exact) mass is 269 g/mol. The molecule has 0 saturated carbocycles. The van der Waals surface area contributed by atoms with Crippen molar-refractivity contribution in [3.05, 3.63) is 0 Å². The van der Waals surface area contributed by atoms with Crippen LogP contribution < -0.4 is 0 Å². The zero-order valence-corrected chi connectivity index (χ0v) is 12.8. The van der Waals surface area contributed by atoms with Gasteiger partial charge < -0.3 is 14.5 Å². The first-order valence-corrected chi connectivity index (χ1v) is 7.06. The maximum absolute atomic E-state index is 12.0. The third kappa shape index (κ3) is 4.73. The SMILES string of the molecule is CCCC(=N)N1CCN(C(=O)OC(C)(C)C)C[C@@H]1C. The number of carbonyl (C=O) groups excluding carboxylic acids is 1. The summed E-state index contributed by atoms with van der Waals surface area (Å²) in [5, 5.41) is 8.02. The van der Waals surface area contributed by atoms with Crippen LogP contribution in [0.3, 0.4) is 0 Å². The van der Waals surface area contributed by atoms with E-state index in [1.807, 2.05) is 20.8 Å². The number of amides is 1. The molecule has 0 aliphatic carbocycles. The number of piperazine rings is 1. The third-order valence-corrected chi connectivity index (χ3v) is 3.11. The number of amidine groups is 1. The zero-order chi connectivity index (χ0) is 14.6. The average Bonchev–Trinajstić information content (AvgIpc) is 2.26. The Morgan fingerprint density at radius 3 is 2.47 bits per heavy atom. The minimum Gasteiger partial charge on any atom is -0.444 e. The van der Waals surface area contributed by atoms with E-state index in [1.165, 1.54) is 0 Å². The summed E-state index contributed by atoms with van der Waals surface area (Å²) in [6, 6.07) is 0.181. The smallest absolute Gasteiger partial charge is 0.410 e. The van der Waals surface area contributed by atoms with Gasteiger partial charge in [0.05, 0.1) is 5.84 Å². The van der Waals surface area contributed by atoms with Crippen molar-refractivity contribution >= 4 is 11.9 Å².